The third kappa shape index (κ3) is 4.89. The van der Waals surface area contributed by atoms with Crippen molar-refractivity contribution in [1.29, 1.82) is 0 Å². The van der Waals surface area contributed by atoms with Gasteiger partial charge in [0.1, 0.15) is 11.5 Å². The average molecular weight is 348 g/mol. The molecule has 0 aromatic heterocycles. The highest BCUT2D eigenvalue weighted by molar-refractivity contribution is 6.30. The molecule has 3 nitrogen and oxygen atoms in total. The molecule has 0 aliphatic rings. The summed E-state index contributed by atoms with van der Waals surface area (Å²) in [5, 5.41) is 4.33. The van der Waals surface area contributed by atoms with Gasteiger partial charge in [0.2, 0.25) is 0 Å². The van der Waals surface area contributed by atoms with Crippen LogP contribution in [0.25, 0.3) is 0 Å². The van der Waals surface area contributed by atoms with E-state index in [9.17, 15) is 0 Å². The van der Waals surface area contributed by atoms with Crippen molar-refractivity contribution in [3.63, 3.8) is 0 Å². The van der Waals surface area contributed by atoms with E-state index in [0.29, 0.717) is 6.04 Å². The van der Waals surface area contributed by atoms with Crippen LogP contribution < -0.4 is 14.8 Å². The van der Waals surface area contributed by atoms with E-state index in [1.165, 1.54) is 11.1 Å². The Labute approximate surface area is 149 Å². The largest absolute Gasteiger partial charge is 0.496 e. The molecule has 130 valence electrons. The van der Waals surface area contributed by atoms with E-state index in [0.717, 1.165) is 40.6 Å². The maximum atomic E-state index is 6.12. The fourth-order valence-electron chi connectivity index (χ4n) is 2.88. The van der Waals surface area contributed by atoms with Crippen LogP contribution in [0.2, 0.25) is 5.02 Å². The molecule has 2 rings (SSSR count). The second-order valence-electron chi connectivity index (χ2n) is 6.26. The number of nitrogens with one attached hydrogen (secondary N) is 1. The normalized spacial score (nSPS) is 12.1. The quantitative estimate of drug-likeness (QED) is 0.787. The Morgan fingerprint density at radius 2 is 1.71 bits per heavy atom. The third-order valence-corrected chi connectivity index (χ3v) is 4.30. The molecule has 2 aromatic carbocycles. The zero-order valence-electron chi connectivity index (χ0n) is 15.1. The van der Waals surface area contributed by atoms with Crippen molar-refractivity contribution in [2.24, 2.45) is 0 Å². The maximum Gasteiger partial charge on any atom is 0.122 e. The van der Waals surface area contributed by atoms with Crippen LogP contribution in [0, 0.1) is 13.8 Å². The first-order chi connectivity index (χ1) is 11.4. The van der Waals surface area contributed by atoms with Crippen molar-refractivity contribution in [2.45, 2.75) is 39.8 Å². The molecule has 4 heteroatoms. The van der Waals surface area contributed by atoms with Gasteiger partial charge in [0.05, 0.1) is 14.2 Å². The van der Waals surface area contributed by atoms with E-state index < -0.39 is 0 Å². The predicted octanol–water partition coefficient (Wildman–Crippen LogP) is 4.69. The van der Waals surface area contributed by atoms with Crippen molar-refractivity contribution in [3.8, 4) is 11.5 Å². The molecule has 24 heavy (non-hydrogen) atoms. The van der Waals surface area contributed by atoms with Crippen LogP contribution in [-0.2, 0) is 13.0 Å². The van der Waals surface area contributed by atoms with Crippen LogP contribution in [0.15, 0.2) is 30.3 Å². The summed E-state index contributed by atoms with van der Waals surface area (Å²) < 4.78 is 11.0. The lowest BCUT2D eigenvalue weighted by Gasteiger charge is -2.18. The molecule has 0 radical (unpaired) electrons. The van der Waals surface area contributed by atoms with Crippen LogP contribution in [0.1, 0.15) is 29.2 Å². The van der Waals surface area contributed by atoms with E-state index in [-0.39, 0.29) is 0 Å². The van der Waals surface area contributed by atoms with E-state index in [1.807, 2.05) is 25.1 Å². The second-order valence-corrected chi connectivity index (χ2v) is 6.69. The number of hydrogen-bond acceptors (Lipinski definition) is 3. The Morgan fingerprint density at radius 1 is 1.00 bits per heavy atom. The van der Waals surface area contributed by atoms with Crippen LogP contribution in [0.4, 0.5) is 0 Å². The van der Waals surface area contributed by atoms with Crippen molar-refractivity contribution in [2.75, 3.05) is 14.2 Å². The highest BCUT2D eigenvalue weighted by Crippen LogP contribution is 2.29. The predicted molar refractivity (Wildman–Crippen MR) is 100 cm³/mol. The van der Waals surface area contributed by atoms with Crippen molar-refractivity contribution < 1.29 is 9.47 Å². The molecule has 0 bridgehead atoms. The average Bonchev–Trinajstić information content (AvgIpc) is 2.53. The topological polar surface area (TPSA) is 30.5 Å². The minimum atomic E-state index is 0.297. The van der Waals surface area contributed by atoms with E-state index in [4.69, 9.17) is 21.1 Å². The van der Waals surface area contributed by atoms with Crippen LogP contribution >= 0.6 is 11.6 Å². The lowest BCUT2D eigenvalue weighted by atomic mass is 10.0. The molecule has 2 aromatic rings. The first kappa shape index (κ1) is 18.6. The standard InChI is InChI=1S/C20H26ClNO2/c1-13-6-16(10-18(21)7-13)12-22-15(3)9-17-11-19(23-4)14(2)8-20(17)24-5/h6-8,10-11,15,22H,9,12H2,1-5H3. The Bertz CT molecular complexity index is 680. The van der Waals surface area contributed by atoms with Gasteiger partial charge in [-0.15, -0.1) is 0 Å². The summed E-state index contributed by atoms with van der Waals surface area (Å²) in [7, 11) is 3.40. The van der Waals surface area contributed by atoms with Gasteiger partial charge in [0.15, 0.2) is 0 Å². The summed E-state index contributed by atoms with van der Waals surface area (Å²) >= 11 is 6.12. The van der Waals surface area contributed by atoms with Gasteiger partial charge in [0, 0.05) is 17.6 Å². The molecule has 0 fully saturated rings. The summed E-state index contributed by atoms with van der Waals surface area (Å²) in [6, 6.07) is 10.5. The lowest BCUT2D eigenvalue weighted by Crippen LogP contribution is -2.27. The first-order valence-corrected chi connectivity index (χ1v) is 8.51. The fourth-order valence-corrected chi connectivity index (χ4v) is 3.19. The van der Waals surface area contributed by atoms with Gasteiger partial charge in [-0.2, -0.15) is 0 Å². The maximum absolute atomic E-state index is 6.12. The zero-order valence-corrected chi connectivity index (χ0v) is 15.8. The molecule has 0 amide bonds. The summed E-state index contributed by atoms with van der Waals surface area (Å²) in [6.45, 7) is 7.04. The smallest absolute Gasteiger partial charge is 0.122 e. The van der Waals surface area contributed by atoms with Gasteiger partial charge in [-0.05, 0) is 73.7 Å². The van der Waals surface area contributed by atoms with Gasteiger partial charge < -0.3 is 14.8 Å². The molecule has 0 saturated heterocycles. The monoisotopic (exact) mass is 347 g/mol. The van der Waals surface area contributed by atoms with Gasteiger partial charge in [-0.3, -0.25) is 0 Å². The molecule has 1 unspecified atom stereocenters. The molecular formula is C20H26ClNO2. The highest BCUT2D eigenvalue weighted by Gasteiger charge is 2.12. The van der Waals surface area contributed by atoms with Crippen molar-refractivity contribution >= 4 is 11.6 Å². The molecule has 1 N–H and O–H groups in total. The zero-order chi connectivity index (χ0) is 17.7. The Hall–Kier alpha value is -1.71. The number of ether oxygens (including phenoxy) is 2. The number of benzene rings is 2. The number of methoxy groups -OCH3 is 2. The van der Waals surface area contributed by atoms with Gasteiger partial charge >= 0.3 is 0 Å². The van der Waals surface area contributed by atoms with E-state index in [1.54, 1.807) is 14.2 Å². The number of rotatable bonds is 7. The Morgan fingerprint density at radius 3 is 2.33 bits per heavy atom. The molecule has 0 saturated carbocycles. The van der Waals surface area contributed by atoms with E-state index >= 15 is 0 Å². The van der Waals surface area contributed by atoms with Gasteiger partial charge in [-0.1, -0.05) is 17.7 Å². The Balaban J connectivity index is 2.05. The van der Waals surface area contributed by atoms with E-state index in [2.05, 4.69) is 31.3 Å². The lowest BCUT2D eigenvalue weighted by molar-refractivity contribution is 0.393. The first-order valence-electron chi connectivity index (χ1n) is 8.14. The molecule has 0 aliphatic carbocycles. The minimum Gasteiger partial charge on any atom is -0.496 e. The second kappa shape index (κ2) is 8.41. The highest BCUT2D eigenvalue weighted by atomic mass is 35.5. The molecule has 1 atom stereocenters. The fraction of sp³-hybridized carbons (Fsp3) is 0.400. The number of aryl methyl sites for hydroxylation is 2. The van der Waals surface area contributed by atoms with Crippen LogP contribution in [0.3, 0.4) is 0 Å². The number of hydrogen-bond donors (Lipinski definition) is 1. The minimum absolute atomic E-state index is 0.297. The summed E-state index contributed by atoms with van der Waals surface area (Å²) in [6.07, 6.45) is 0.860. The van der Waals surface area contributed by atoms with Crippen LogP contribution in [0.5, 0.6) is 11.5 Å². The molecule has 0 aliphatic heterocycles. The van der Waals surface area contributed by atoms with Gasteiger partial charge in [-0.25, -0.2) is 0 Å². The van der Waals surface area contributed by atoms with Crippen molar-refractivity contribution in [3.05, 3.63) is 57.6 Å². The summed E-state index contributed by atoms with van der Waals surface area (Å²) in [4.78, 5) is 0. The van der Waals surface area contributed by atoms with Gasteiger partial charge in [0.25, 0.3) is 0 Å². The SMILES string of the molecule is COc1cc(CC(C)NCc2cc(C)cc(Cl)c2)c(OC)cc1C. The molecule has 0 heterocycles. The van der Waals surface area contributed by atoms with Crippen LogP contribution in [-0.4, -0.2) is 20.3 Å². The Kier molecular flexibility index (Phi) is 6.52. The third-order valence-electron chi connectivity index (χ3n) is 4.08. The van der Waals surface area contributed by atoms with Crippen molar-refractivity contribution in [1.82, 2.24) is 5.32 Å². The summed E-state index contributed by atoms with van der Waals surface area (Å²) in [5.41, 5.74) is 4.59. The molecular weight excluding hydrogens is 322 g/mol. The molecule has 0 spiro atoms. The summed E-state index contributed by atoms with van der Waals surface area (Å²) in [5.74, 6) is 1.80. The number of halogens is 1.